The molecule has 4 N–H and O–H groups in total. The van der Waals surface area contributed by atoms with E-state index in [2.05, 4.69) is 15.3 Å². The molecule has 0 radical (unpaired) electrons. The Morgan fingerprint density at radius 2 is 2.44 bits per heavy atom. The Kier molecular flexibility index (Phi) is 2.87. The first-order valence-electron chi connectivity index (χ1n) is 5.13. The summed E-state index contributed by atoms with van der Waals surface area (Å²) < 4.78 is 0. The standard InChI is InChI=1S/C11H14N4O/c1-7(15-11(16)5-12)8-2-3-9-10(4-8)14-6-13-9/h2-4,6-7H,5,12H2,1H3,(H,13,14)(H,15,16). The number of imidazole rings is 1. The molecular formula is C11H14N4O. The molecule has 5 heteroatoms. The molecule has 84 valence electrons. The van der Waals surface area contributed by atoms with Gasteiger partial charge in [-0.2, -0.15) is 0 Å². The molecule has 5 nitrogen and oxygen atoms in total. The van der Waals surface area contributed by atoms with Gasteiger partial charge in [0.15, 0.2) is 0 Å². The molecule has 1 aromatic carbocycles. The Morgan fingerprint density at radius 3 is 3.19 bits per heavy atom. The van der Waals surface area contributed by atoms with Crippen LogP contribution in [0.25, 0.3) is 11.0 Å². The summed E-state index contributed by atoms with van der Waals surface area (Å²) >= 11 is 0. The number of H-pyrrole nitrogens is 1. The maximum absolute atomic E-state index is 11.2. The zero-order valence-electron chi connectivity index (χ0n) is 9.03. The van der Waals surface area contributed by atoms with Gasteiger partial charge >= 0.3 is 0 Å². The molecule has 0 spiro atoms. The zero-order chi connectivity index (χ0) is 11.5. The van der Waals surface area contributed by atoms with Gasteiger partial charge < -0.3 is 16.0 Å². The Hall–Kier alpha value is -1.88. The van der Waals surface area contributed by atoms with Crippen LogP contribution in [0.2, 0.25) is 0 Å². The fourth-order valence-corrected chi connectivity index (χ4v) is 1.61. The molecule has 16 heavy (non-hydrogen) atoms. The van der Waals surface area contributed by atoms with Crippen molar-refractivity contribution in [3.8, 4) is 0 Å². The SMILES string of the molecule is CC(NC(=O)CN)c1ccc2nc[nH]c2c1. The average Bonchev–Trinajstić information content (AvgIpc) is 2.75. The lowest BCUT2D eigenvalue weighted by Gasteiger charge is -2.13. The van der Waals surface area contributed by atoms with Gasteiger partial charge in [-0.05, 0) is 24.6 Å². The number of amides is 1. The molecule has 1 heterocycles. The minimum absolute atomic E-state index is 0.0106. The number of aromatic amines is 1. The van der Waals surface area contributed by atoms with Gasteiger partial charge in [0.1, 0.15) is 0 Å². The van der Waals surface area contributed by atoms with Crippen molar-refractivity contribution < 1.29 is 4.79 Å². The molecule has 0 bridgehead atoms. The third-order valence-corrected chi connectivity index (χ3v) is 2.51. The quantitative estimate of drug-likeness (QED) is 0.709. The van der Waals surface area contributed by atoms with Crippen LogP contribution >= 0.6 is 0 Å². The van der Waals surface area contributed by atoms with Crippen LogP contribution in [0.4, 0.5) is 0 Å². The topological polar surface area (TPSA) is 83.8 Å². The van der Waals surface area contributed by atoms with E-state index < -0.39 is 0 Å². The van der Waals surface area contributed by atoms with Crippen LogP contribution in [-0.2, 0) is 4.79 Å². The van der Waals surface area contributed by atoms with Gasteiger partial charge in [-0.3, -0.25) is 4.79 Å². The molecule has 0 saturated carbocycles. The molecule has 2 aromatic rings. The number of hydrogen-bond donors (Lipinski definition) is 3. The van der Waals surface area contributed by atoms with Crippen molar-refractivity contribution in [3.63, 3.8) is 0 Å². The summed E-state index contributed by atoms with van der Waals surface area (Å²) in [4.78, 5) is 18.3. The summed E-state index contributed by atoms with van der Waals surface area (Å²) in [5.41, 5.74) is 8.15. The third-order valence-electron chi connectivity index (χ3n) is 2.51. The summed E-state index contributed by atoms with van der Waals surface area (Å²) in [6.45, 7) is 1.93. The highest BCUT2D eigenvalue weighted by Crippen LogP contribution is 2.17. The summed E-state index contributed by atoms with van der Waals surface area (Å²) in [7, 11) is 0. The largest absolute Gasteiger partial charge is 0.348 e. The molecule has 0 saturated heterocycles. The second-order valence-electron chi connectivity index (χ2n) is 3.67. The van der Waals surface area contributed by atoms with Gasteiger partial charge in [-0.25, -0.2) is 4.98 Å². The molecule has 1 unspecified atom stereocenters. The second kappa shape index (κ2) is 4.32. The molecule has 0 aliphatic carbocycles. The number of nitrogens with two attached hydrogens (primary N) is 1. The number of aromatic nitrogens is 2. The van der Waals surface area contributed by atoms with Crippen molar-refractivity contribution in [1.29, 1.82) is 0 Å². The minimum atomic E-state index is -0.155. The third kappa shape index (κ3) is 2.04. The summed E-state index contributed by atoms with van der Waals surface area (Å²) in [6, 6.07) is 5.80. The molecule has 0 aliphatic heterocycles. The lowest BCUT2D eigenvalue weighted by atomic mass is 10.1. The molecule has 1 atom stereocenters. The Labute approximate surface area is 93.1 Å². The monoisotopic (exact) mass is 218 g/mol. The predicted molar refractivity (Wildman–Crippen MR) is 61.7 cm³/mol. The van der Waals surface area contributed by atoms with Crippen molar-refractivity contribution in [1.82, 2.24) is 15.3 Å². The van der Waals surface area contributed by atoms with E-state index in [4.69, 9.17) is 5.73 Å². The number of benzene rings is 1. The number of nitrogens with one attached hydrogen (secondary N) is 2. The first kappa shape index (κ1) is 10.6. The Balaban J connectivity index is 2.22. The van der Waals surface area contributed by atoms with Crippen LogP contribution in [0.1, 0.15) is 18.5 Å². The maximum Gasteiger partial charge on any atom is 0.234 e. The van der Waals surface area contributed by atoms with Crippen LogP contribution in [0.15, 0.2) is 24.5 Å². The highest BCUT2D eigenvalue weighted by Gasteiger charge is 2.09. The summed E-state index contributed by atoms with van der Waals surface area (Å²) in [6.07, 6.45) is 1.65. The highest BCUT2D eigenvalue weighted by atomic mass is 16.1. The van der Waals surface area contributed by atoms with Crippen LogP contribution in [0.3, 0.4) is 0 Å². The van der Waals surface area contributed by atoms with E-state index in [1.54, 1.807) is 6.33 Å². The van der Waals surface area contributed by atoms with E-state index in [1.807, 2.05) is 25.1 Å². The fraction of sp³-hybridized carbons (Fsp3) is 0.273. The van der Waals surface area contributed by atoms with E-state index in [0.717, 1.165) is 16.6 Å². The molecule has 1 aromatic heterocycles. The van der Waals surface area contributed by atoms with Gasteiger partial charge in [-0.15, -0.1) is 0 Å². The first-order chi connectivity index (χ1) is 7.70. The van der Waals surface area contributed by atoms with E-state index in [-0.39, 0.29) is 18.5 Å². The Morgan fingerprint density at radius 1 is 1.62 bits per heavy atom. The van der Waals surface area contributed by atoms with E-state index in [1.165, 1.54) is 0 Å². The second-order valence-corrected chi connectivity index (χ2v) is 3.67. The number of rotatable bonds is 3. The smallest absolute Gasteiger partial charge is 0.234 e. The lowest BCUT2D eigenvalue weighted by molar-refractivity contribution is -0.120. The van der Waals surface area contributed by atoms with Crippen molar-refractivity contribution in [2.45, 2.75) is 13.0 Å². The molecule has 1 amide bonds. The normalized spacial score (nSPS) is 12.6. The van der Waals surface area contributed by atoms with Crippen LogP contribution in [0.5, 0.6) is 0 Å². The van der Waals surface area contributed by atoms with Crippen LogP contribution < -0.4 is 11.1 Å². The fourth-order valence-electron chi connectivity index (χ4n) is 1.61. The Bertz CT molecular complexity index is 505. The van der Waals surface area contributed by atoms with E-state index in [0.29, 0.717) is 0 Å². The molecule has 0 fully saturated rings. The van der Waals surface area contributed by atoms with Gasteiger partial charge in [-0.1, -0.05) is 6.07 Å². The van der Waals surface area contributed by atoms with Gasteiger partial charge in [0.2, 0.25) is 5.91 Å². The van der Waals surface area contributed by atoms with Gasteiger partial charge in [0.25, 0.3) is 0 Å². The van der Waals surface area contributed by atoms with E-state index in [9.17, 15) is 4.79 Å². The predicted octanol–water partition coefficient (Wildman–Crippen LogP) is 0.699. The number of carbonyl (C=O) groups is 1. The van der Waals surface area contributed by atoms with Crippen molar-refractivity contribution in [3.05, 3.63) is 30.1 Å². The van der Waals surface area contributed by atoms with E-state index >= 15 is 0 Å². The zero-order valence-corrected chi connectivity index (χ0v) is 9.03. The van der Waals surface area contributed by atoms with Gasteiger partial charge in [0, 0.05) is 0 Å². The maximum atomic E-state index is 11.2. The first-order valence-corrected chi connectivity index (χ1v) is 5.13. The number of nitrogens with zero attached hydrogens (tertiary/aromatic N) is 1. The summed E-state index contributed by atoms with van der Waals surface area (Å²) in [5.74, 6) is -0.155. The van der Waals surface area contributed by atoms with Crippen molar-refractivity contribution in [2.24, 2.45) is 5.73 Å². The van der Waals surface area contributed by atoms with Crippen LogP contribution in [-0.4, -0.2) is 22.4 Å². The molecule has 0 aliphatic rings. The van der Waals surface area contributed by atoms with Crippen molar-refractivity contribution in [2.75, 3.05) is 6.54 Å². The number of carbonyl (C=O) groups excluding carboxylic acids is 1. The molecule has 2 rings (SSSR count). The van der Waals surface area contributed by atoms with Gasteiger partial charge in [0.05, 0.1) is 29.9 Å². The van der Waals surface area contributed by atoms with Crippen molar-refractivity contribution >= 4 is 16.9 Å². The number of fused-ring (bicyclic) bond motifs is 1. The van der Waals surface area contributed by atoms with Crippen LogP contribution in [0, 0.1) is 0 Å². The number of hydrogen-bond acceptors (Lipinski definition) is 3. The highest BCUT2D eigenvalue weighted by molar-refractivity contribution is 5.79. The summed E-state index contributed by atoms with van der Waals surface area (Å²) in [5, 5.41) is 2.80. The average molecular weight is 218 g/mol. The lowest BCUT2D eigenvalue weighted by Crippen LogP contribution is -2.32. The molecular weight excluding hydrogens is 204 g/mol. The minimum Gasteiger partial charge on any atom is -0.348 e.